The third-order valence-corrected chi connectivity index (χ3v) is 4.07. The highest BCUT2D eigenvalue weighted by Gasteiger charge is 2.21. The number of nitrogens with zero attached hydrogens (tertiary/aromatic N) is 4. The van der Waals surface area contributed by atoms with Gasteiger partial charge in [0.25, 0.3) is 5.69 Å². The predicted octanol–water partition coefficient (Wildman–Crippen LogP) is 1.73. The Kier molecular flexibility index (Phi) is 3.96. The molecule has 3 rings (SSSR count). The molecule has 2 aromatic rings. The van der Waals surface area contributed by atoms with E-state index in [-0.39, 0.29) is 5.69 Å². The van der Waals surface area contributed by atoms with Gasteiger partial charge >= 0.3 is 6.03 Å². The molecular formula is C15H17N5O3. The van der Waals surface area contributed by atoms with Crippen molar-refractivity contribution in [2.45, 2.75) is 6.42 Å². The highest BCUT2D eigenvalue weighted by Crippen LogP contribution is 2.32. The van der Waals surface area contributed by atoms with Crippen LogP contribution in [0.1, 0.15) is 6.42 Å². The number of nitro benzene ring substituents is 1. The lowest BCUT2D eigenvalue weighted by Crippen LogP contribution is -2.38. The van der Waals surface area contributed by atoms with Crippen molar-refractivity contribution in [1.82, 2.24) is 9.88 Å². The molecule has 1 aliphatic heterocycles. The average molecular weight is 315 g/mol. The van der Waals surface area contributed by atoms with Gasteiger partial charge in [0.05, 0.1) is 16.0 Å². The van der Waals surface area contributed by atoms with Crippen molar-refractivity contribution < 1.29 is 9.72 Å². The lowest BCUT2D eigenvalue weighted by Gasteiger charge is -2.24. The molecule has 8 heteroatoms. The summed E-state index contributed by atoms with van der Waals surface area (Å²) in [5.74, 6) is 0. The Balaban J connectivity index is 1.99. The van der Waals surface area contributed by atoms with Crippen LogP contribution >= 0.6 is 0 Å². The van der Waals surface area contributed by atoms with Crippen LogP contribution in [-0.4, -0.2) is 47.0 Å². The summed E-state index contributed by atoms with van der Waals surface area (Å²) in [5.41, 5.74) is 6.84. The van der Waals surface area contributed by atoms with Gasteiger partial charge in [-0.1, -0.05) is 0 Å². The fraction of sp³-hybridized carbons (Fsp3) is 0.333. The topological polar surface area (TPSA) is 106 Å². The summed E-state index contributed by atoms with van der Waals surface area (Å²) < 4.78 is 0. The van der Waals surface area contributed by atoms with Crippen molar-refractivity contribution in [3.8, 4) is 0 Å². The van der Waals surface area contributed by atoms with Gasteiger partial charge in [-0.2, -0.15) is 0 Å². The molecule has 23 heavy (non-hydrogen) atoms. The number of amides is 2. The first-order valence-corrected chi connectivity index (χ1v) is 7.39. The fourth-order valence-corrected chi connectivity index (χ4v) is 2.94. The van der Waals surface area contributed by atoms with Crippen molar-refractivity contribution in [3.05, 3.63) is 40.6 Å². The third kappa shape index (κ3) is 2.87. The van der Waals surface area contributed by atoms with Gasteiger partial charge < -0.3 is 15.5 Å². The van der Waals surface area contributed by atoms with Crippen LogP contribution in [-0.2, 0) is 0 Å². The van der Waals surface area contributed by atoms with Crippen LogP contribution < -0.4 is 10.6 Å². The second-order valence-corrected chi connectivity index (χ2v) is 5.43. The number of primary amides is 1. The van der Waals surface area contributed by atoms with E-state index in [1.807, 2.05) is 0 Å². The van der Waals surface area contributed by atoms with E-state index in [1.165, 1.54) is 6.07 Å². The van der Waals surface area contributed by atoms with E-state index >= 15 is 0 Å². The molecule has 1 aromatic heterocycles. The van der Waals surface area contributed by atoms with E-state index < -0.39 is 11.0 Å². The first-order valence-electron chi connectivity index (χ1n) is 7.39. The number of fused-ring (bicyclic) bond motifs is 1. The number of carbonyl (C=O) groups excluding carboxylic acids is 1. The molecule has 1 fully saturated rings. The van der Waals surface area contributed by atoms with Gasteiger partial charge in [0, 0.05) is 38.4 Å². The summed E-state index contributed by atoms with van der Waals surface area (Å²) in [5, 5.41) is 11.7. The van der Waals surface area contributed by atoms with Gasteiger partial charge in [-0.25, -0.2) is 4.79 Å². The maximum Gasteiger partial charge on any atom is 0.314 e. The zero-order valence-electron chi connectivity index (χ0n) is 12.5. The number of hydrogen-bond donors (Lipinski definition) is 1. The number of carbonyl (C=O) groups is 1. The largest absolute Gasteiger partial charge is 0.368 e. The van der Waals surface area contributed by atoms with Crippen LogP contribution in [0.25, 0.3) is 10.9 Å². The molecule has 120 valence electrons. The highest BCUT2D eigenvalue weighted by atomic mass is 16.6. The number of urea groups is 1. The molecule has 0 radical (unpaired) electrons. The van der Waals surface area contributed by atoms with E-state index in [4.69, 9.17) is 5.73 Å². The van der Waals surface area contributed by atoms with Crippen LogP contribution in [0.3, 0.4) is 0 Å². The SMILES string of the molecule is NC(=O)N1CCCN(c2ccc([N+](=O)[O-])c3cccnc23)CC1. The Labute approximate surface area is 132 Å². The Bertz CT molecular complexity index is 764. The molecule has 1 aromatic carbocycles. The van der Waals surface area contributed by atoms with Crippen LogP contribution in [0.4, 0.5) is 16.2 Å². The Morgan fingerprint density at radius 1 is 1.22 bits per heavy atom. The minimum absolute atomic E-state index is 0.0467. The Hall–Kier alpha value is -2.90. The summed E-state index contributed by atoms with van der Waals surface area (Å²) in [6.07, 6.45) is 2.41. The van der Waals surface area contributed by atoms with Crippen molar-refractivity contribution >= 4 is 28.3 Å². The van der Waals surface area contributed by atoms with Crippen LogP contribution in [0.2, 0.25) is 0 Å². The van der Waals surface area contributed by atoms with Gasteiger partial charge in [-0.3, -0.25) is 15.1 Å². The third-order valence-electron chi connectivity index (χ3n) is 4.07. The Morgan fingerprint density at radius 3 is 2.78 bits per heavy atom. The molecular weight excluding hydrogens is 298 g/mol. The smallest absolute Gasteiger partial charge is 0.314 e. The predicted molar refractivity (Wildman–Crippen MR) is 86.4 cm³/mol. The van der Waals surface area contributed by atoms with Gasteiger partial charge in [-0.15, -0.1) is 0 Å². The molecule has 0 spiro atoms. The lowest BCUT2D eigenvalue weighted by atomic mass is 10.1. The highest BCUT2D eigenvalue weighted by molar-refractivity contribution is 5.97. The van der Waals surface area contributed by atoms with Crippen LogP contribution in [0.15, 0.2) is 30.5 Å². The summed E-state index contributed by atoms with van der Waals surface area (Å²) in [7, 11) is 0. The van der Waals surface area contributed by atoms with Crippen molar-refractivity contribution in [2.24, 2.45) is 5.73 Å². The molecule has 0 unspecified atom stereocenters. The minimum Gasteiger partial charge on any atom is -0.368 e. The zero-order valence-corrected chi connectivity index (χ0v) is 12.5. The van der Waals surface area contributed by atoms with E-state index in [2.05, 4.69) is 9.88 Å². The average Bonchev–Trinajstić information content (AvgIpc) is 2.79. The second kappa shape index (κ2) is 6.07. The van der Waals surface area contributed by atoms with Gasteiger partial charge in [0.1, 0.15) is 5.52 Å². The number of pyridine rings is 1. The normalized spacial score (nSPS) is 15.5. The summed E-state index contributed by atoms with van der Waals surface area (Å²) in [4.78, 5) is 30.2. The number of benzene rings is 1. The zero-order chi connectivity index (χ0) is 16.4. The molecule has 0 aliphatic carbocycles. The van der Waals surface area contributed by atoms with Gasteiger partial charge in [0.15, 0.2) is 0 Å². The fourth-order valence-electron chi connectivity index (χ4n) is 2.94. The van der Waals surface area contributed by atoms with Gasteiger partial charge in [0.2, 0.25) is 0 Å². The van der Waals surface area contributed by atoms with Crippen molar-refractivity contribution in [2.75, 3.05) is 31.1 Å². The lowest BCUT2D eigenvalue weighted by molar-refractivity contribution is -0.383. The molecule has 1 aliphatic rings. The van der Waals surface area contributed by atoms with E-state index in [9.17, 15) is 14.9 Å². The molecule has 2 amide bonds. The Morgan fingerprint density at radius 2 is 2.04 bits per heavy atom. The monoisotopic (exact) mass is 315 g/mol. The quantitative estimate of drug-likeness (QED) is 0.671. The summed E-state index contributed by atoms with van der Waals surface area (Å²) >= 11 is 0. The maximum absolute atomic E-state index is 11.3. The molecule has 0 atom stereocenters. The molecule has 1 saturated heterocycles. The van der Waals surface area contributed by atoms with E-state index in [1.54, 1.807) is 29.3 Å². The van der Waals surface area contributed by atoms with E-state index in [0.29, 0.717) is 30.5 Å². The van der Waals surface area contributed by atoms with Crippen molar-refractivity contribution in [1.29, 1.82) is 0 Å². The summed E-state index contributed by atoms with van der Waals surface area (Å²) in [6, 6.07) is 6.22. The molecule has 0 bridgehead atoms. The van der Waals surface area contributed by atoms with Gasteiger partial charge in [-0.05, 0) is 24.6 Å². The number of rotatable bonds is 2. The molecule has 0 saturated carbocycles. The number of nitrogens with two attached hydrogens (primary N) is 1. The van der Waals surface area contributed by atoms with E-state index in [0.717, 1.165) is 18.7 Å². The number of non-ortho nitro benzene ring substituents is 1. The molecule has 8 nitrogen and oxygen atoms in total. The number of aromatic nitrogens is 1. The first kappa shape index (κ1) is 15.0. The minimum atomic E-state index is -0.418. The maximum atomic E-state index is 11.3. The number of hydrogen-bond acceptors (Lipinski definition) is 5. The first-order chi connectivity index (χ1) is 11.1. The van der Waals surface area contributed by atoms with Crippen molar-refractivity contribution in [3.63, 3.8) is 0 Å². The molecule has 2 heterocycles. The number of anilines is 1. The second-order valence-electron chi connectivity index (χ2n) is 5.43. The standard InChI is InChI=1S/C15H17N5O3/c16-15(21)19-8-2-7-18(9-10-19)13-5-4-12(20(22)23)11-3-1-6-17-14(11)13/h1,3-6H,2,7-10H2,(H2,16,21). The summed E-state index contributed by atoms with van der Waals surface area (Å²) in [6.45, 7) is 2.50. The van der Waals surface area contributed by atoms with Crippen LogP contribution in [0.5, 0.6) is 0 Å². The molecule has 2 N–H and O–H groups in total. The van der Waals surface area contributed by atoms with Crippen LogP contribution in [0, 0.1) is 10.1 Å². The number of nitro groups is 1.